The minimum atomic E-state index is -0.622. The van der Waals surface area contributed by atoms with Crippen LogP contribution in [0.25, 0.3) is 0 Å². The predicted molar refractivity (Wildman–Crippen MR) is 67.1 cm³/mol. The van der Waals surface area contributed by atoms with Crippen LogP contribution in [0.5, 0.6) is 0 Å². The third kappa shape index (κ3) is 3.95. The molecule has 0 spiro atoms. The molecule has 0 saturated heterocycles. The summed E-state index contributed by atoms with van der Waals surface area (Å²) in [7, 11) is 0. The summed E-state index contributed by atoms with van der Waals surface area (Å²) in [5, 5.41) is 10.8. The summed E-state index contributed by atoms with van der Waals surface area (Å²) in [5.74, 6) is 0. The van der Waals surface area contributed by atoms with Crippen molar-refractivity contribution >= 4 is 23.2 Å². The van der Waals surface area contributed by atoms with Crippen LogP contribution < -0.4 is 0 Å². The topological polar surface area (TPSA) is 29.5 Å². The molecule has 0 bridgehead atoms. The molecule has 0 fully saturated rings. The Morgan fingerprint density at radius 1 is 1.31 bits per heavy atom. The van der Waals surface area contributed by atoms with Gasteiger partial charge in [0, 0.05) is 25.2 Å². The summed E-state index contributed by atoms with van der Waals surface area (Å²) in [6.07, 6.45) is 0.886. The van der Waals surface area contributed by atoms with Gasteiger partial charge in [-0.3, -0.25) is 0 Å². The number of benzene rings is 1. The number of aliphatic hydroxyl groups excluding tert-OH is 1. The van der Waals surface area contributed by atoms with Crippen molar-refractivity contribution in [3.63, 3.8) is 0 Å². The van der Waals surface area contributed by atoms with E-state index in [1.807, 2.05) is 6.92 Å². The highest BCUT2D eigenvalue weighted by Gasteiger charge is 2.13. The second-order valence-electron chi connectivity index (χ2n) is 3.56. The lowest BCUT2D eigenvalue weighted by Gasteiger charge is -2.13. The minimum Gasteiger partial charge on any atom is -0.388 e. The average Bonchev–Trinajstić information content (AvgIpc) is 2.28. The van der Waals surface area contributed by atoms with E-state index in [1.54, 1.807) is 18.2 Å². The van der Waals surface area contributed by atoms with Gasteiger partial charge in [0.2, 0.25) is 0 Å². The number of hydrogen-bond acceptors (Lipinski definition) is 2. The van der Waals surface area contributed by atoms with Crippen LogP contribution in [0.1, 0.15) is 31.4 Å². The van der Waals surface area contributed by atoms with Crippen LogP contribution in [0.15, 0.2) is 18.2 Å². The quantitative estimate of drug-likeness (QED) is 0.790. The zero-order valence-corrected chi connectivity index (χ0v) is 10.8. The van der Waals surface area contributed by atoms with Gasteiger partial charge in [-0.05, 0) is 12.5 Å². The molecule has 1 rings (SSSR count). The SMILES string of the molecule is CCCOCCC(O)c1cccc(Cl)c1Cl. The van der Waals surface area contributed by atoms with Gasteiger partial charge >= 0.3 is 0 Å². The molecular weight excluding hydrogens is 247 g/mol. The van der Waals surface area contributed by atoms with E-state index in [-0.39, 0.29) is 0 Å². The van der Waals surface area contributed by atoms with Crippen molar-refractivity contribution in [1.82, 2.24) is 0 Å². The summed E-state index contributed by atoms with van der Waals surface area (Å²) in [5.41, 5.74) is 0.661. The summed E-state index contributed by atoms with van der Waals surface area (Å²) in [4.78, 5) is 0. The van der Waals surface area contributed by atoms with Crippen LogP contribution in [0, 0.1) is 0 Å². The summed E-state index contributed by atoms with van der Waals surface area (Å²) < 4.78 is 5.31. The number of ether oxygens (including phenoxy) is 1. The van der Waals surface area contributed by atoms with E-state index in [4.69, 9.17) is 27.9 Å². The van der Waals surface area contributed by atoms with E-state index in [0.717, 1.165) is 13.0 Å². The molecule has 4 heteroatoms. The van der Waals surface area contributed by atoms with Crippen molar-refractivity contribution in [2.45, 2.75) is 25.9 Å². The third-order valence-corrected chi connectivity index (χ3v) is 3.06. The number of halogens is 2. The van der Waals surface area contributed by atoms with Crippen molar-refractivity contribution in [1.29, 1.82) is 0 Å². The molecule has 0 saturated carbocycles. The molecule has 0 aliphatic carbocycles. The molecule has 0 radical (unpaired) electrons. The van der Waals surface area contributed by atoms with Crippen molar-refractivity contribution in [3.05, 3.63) is 33.8 Å². The fourth-order valence-corrected chi connectivity index (χ4v) is 1.81. The Morgan fingerprint density at radius 3 is 2.75 bits per heavy atom. The van der Waals surface area contributed by atoms with Crippen molar-refractivity contribution in [3.8, 4) is 0 Å². The van der Waals surface area contributed by atoms with Crippen LogP contribution in [-0.4, -0.2) is 18.3 Å². The van der Waals surface area contributed by atoms with E-state index in [9.17, 15) is 5.11 Å². The Labute approximate surface area is 106 Å². The van der Waals surface area contributed by atoms with Crippen molar-refractivity contribution in [2.75, 3.05) is 13.2 Å². The molecule has 0 heterocycles. The lowest BCUT2D eigenvalue weighted by Crippen LogP contribution is -2.04. The molecule has 1 unspecified atom stereocenters. The van der Waals surface area contributed by atoms with Gasteiger partial charge in [0.25, 0.3) is 0 Å². The van der Waals surface area contributed by atoms with Gasteiger partial charge in [0.05, 0.1) is 16.1 Å². The minimum absolute atomic E-state index is 0.423. The smallest absolute Gasteiger partial charge is 0.0826 e. The molecule has 0 amide bonds. The average molecular weight is 263 g/mol. The predicted octanol–water partition coefficient (Wildman–Crippen LogP) is 3.84. The third-order valence-electron chi connectivity index (χ3n) is 2.22. The number of aliphatic hydroxyl groups is 1. The molecule has 0 aromatic heterocycles. The van der Waals surface area contributed by atoms with Crippen LogP contribution >= 0.6 is 23.2 Å². The Bertz CT molecular complexity index is 329. The maximum Gasteiger partial charge on any atom is 0.0826 e. The summed E-state index contributed by atoms with van der Waals surface area (Å²) in [6.45, 7) is 3.29. The highest BCUT2D eigenvalue weighted by Crippen LogP contribution is 2.31. The second-order valence-corrected chi connectivity index (χ2v) is 4.35. The Morgan fingerprint density at radius 2 is 2.06 bits per heavy atom. The lowest BCUT2D eigenvalue weighted by atomic mass is 10.1. The molecule has 16 heavy (non-hydrogen) atoms. The monoisotopic (exact) mass is 262 g/mol. The molecule has 1 aromatic carbocycles. The first-order valence-electron chi connectivity index (χ1n) is 5.36. The lowest BCUT2D eigenvalue weighted by molar-refractivity contribution is 0.0822. The van der Waals surface area contributed by atoms with E-state index < -0.39 is 6.10 Å². The van der Waals surface area contributed by atoms with Gasteiger partial charge in [0.15, 0.2) is 0 Å². The van der Waals surface area contributed by atoms with Crippen LogP contribution in [0.4, 0.5) is 0 Å². The molecular formula is C12H16Cl2O2. The largest absolute Gasteiger partial charge is 0.388 e. The molecule has 1 aromatic rings. The van der Waals surface area contributed by atoms with Crippen LogP contribution in [0.2, 0.25) is 10.0 Å². The zero-order valence-electron chi connectivity index (χ0n) is 9.25. The normalized spacial score (nSPS) is 12.8. The van der Waals surface area contributed by atoms with Crippen molar-refractivity contribution in [2.24, 2.45) is 0 Å². The molecule has 0 aliphatic rings. The van der Waals surface area contributed by atoms with E-state index in [1.165, 1.54) is 0 Å². The molecule has 2 nitrogen and oxygen atoms in total. The fraction of sp³-hybridized carbons (Fsp3) is 0.500. The van der Waals surface area contributed by atoms with Gasteiger partial charge < -0.3 is 9.84 Å². The molecule has 0 aliphatic heterocycles. The van der Waals surface area contributed by atoms with E-state index >= 15 is 0 Å². The van der Waals surface area contributed by atoms with Crippen molar-refractivity contribution < 1.29 is 9.84 Å². The van der Waals surface area contributed by atoms with Crippen LogP contribution in [-0.2, 0) is 4.74 Å². The molecule has 1 atom stereocenters. The van der Waals surface area contributed by atoms with Gasteiger partial charge in [-0.25, -0.2) is 0 Å². The van der Waals surface area contributed by atoms with E-state index in [0.29, 0.717) is 28.6 Å². The first-order valence-corrected chi connectivity index (χ1v) is 6.12. The Kier molecular flexibility index (Phi) is 6.14. The highest BCUT2D eigenvalue weighted by molar-refractivity contribution is 6.42. The van der Waals surface area contributed by atoms with Gasteiger partial charge in [0.1, 0.15) is 0 Å². The highest BCUT2D eigenvalue weighted by atomic mass is 35.5. The first kappa shape index (κ1) is 13.8. The van der Waals surface area contributed by atoms with Gasteiger partial charge in [-0.2, -0.15) is 0 Å². The van der Waals surface area contributed by atoms with Gasteiger partial charge in [-0.1, -0.05) is 42.3 Å². The maximum atomic E-state index is 9.90. The summed E-state index contributed by atoms with van der Waals surface area (Å²) in [6, 6.07) is 5.26. The van der Waals surface area contributed by atoms with Crippen LogP contribution in [0.3, 0.4) is 0 Å². The Balaban J connectivity index is 2.52. The number of hydrogen-bond donors (Lipinski definition) is 1. The maximum absolute atomic E-state index is 9.90. The first-order chi connectivity index (χ1) is 7.66. The second kappa shape index (κ2) is 7.13. The standard InChI is InChI=1S/C12H16Cl2O2/c1-2-7-16-8-6-11(15)9-4-3-5-10(13)12(9)14/h3-5,11,15H,2,6-8H2,1H3. The fourth-order valence-electron chi connectivity index (χ4n) is 1.37. The number of rotatable bonds is 6. The Hall–Kier alpha value is -0.280. The molecule has 1 N–H and O–H groups in total. The van der Waals surface area contributed by atoms with Gasteiger partial charge in [-0.15, -0.1) is 0 Å². The zero-order chi connectivity index (χ0) is 12.0. The van der Waals surface area contributed by atoms with E-state index in [2.05, 4.69) is 0 Å². The molecule has 90 valence electrons. The summed E-state index contributed by atoms with van der Waals surface area (Å²) >= 11 is 11.9.